The first-order valence-corrected chi connectivity index (χ1v) is 9.09. The van der Waals surface area contributed by atoms with Crippen LogP contribution in [-0.2, 0) is 0 Å². The predicted octanol–water partition coefficient (Wildman–Crippen LogP) is 4.96. The molecule has 0 aliphatic carbocycles. The number of nitrogens with zero attached hydrogens (tertiary/aromatic N) is 2. The molecule has 5 heteroatoms. The summed E-state index contributed by atoms with van der Waals surface area (Å²) in [6.07, 6.45) is 1.84. The average molecular weight is 411 g/mol. The number of ether oxygens (including phenoxy) is 1. The van der Waals surface area contributed by atoms with Gasteiger partial charge in [-0.1, -0.05) is 52.3 Å². The Kier molecular flexibility index (Phi) is 5.78. The second kappa shape index (κ2) is 8.23. The summed E-state index contributed by atoms with van der Waals surface area (Å²) in [5.74, 6) is 0.194. The number of Topliss-reactive ketones (excluding diaryl/α,β-unsaturated/α-hetero) is 1. The van der Waals surface area contributed by atoms with Crippen molar-refractivity contribution in [3.8, 4) is 5.88 Å². The number of ketones is 1. The van der Waals surface area contributed by atoms with E-state index in [1.54, 1.807) is 6.07 Å². The van der Waals surface area contributed by atoms with Crippen LogP contribution in [0.5, 0.6) is 5.88 Å². The molecule has 3 rings (SSSR count). The zero-order valence-electron chi connectivity index (χ0n) is 14.6. The summed E-state index contributed by atoms with van der Waals surface area (Å²) < 4.78 is 6.21. The van der Waals surface area contributed by atoms with Crippen LogP contribution in [-0.4, -0.2) is 23.1 Å². The van der Waals surface area contributed by atoms with Gasteiger partial charge in [0.05, 0.1) is 18.9 Å². The maximum atomic E-state index is 13.0. The Labute approximate surface area is 161 Å². The molecule has 1 atom stereocenters. The summed E-state index contributed by atoms with van der Waals surface area (Å²) in [6, 6.07) is 17.9. The van der Waals surface area contributed by atoms with Gasteiger partial charge in [-0.15, -0.1) is 5.10 Å². The monoisotopic (exact) mass is 410 g/mol. The molecule has 0 amide bonds. The molecule has 1 aromatic heterocycles. The molecule has 3 aromatic rings. The van der Waals surface area contributed by atoms with Crippen LogP contribution < -0.4 is 4.74 Å². The summed E-state index contributed by atoms with van der Waals surface area (Å²) in [6.45, 7) is 2.07. The van der Waals surface area contributed by atoms with Crippen molar-refractivity contribution in [2.75, 3.05) is 7.11 Å². The molecule has 132 valence electrons. The van der Waals surface area contributed by atoms with Gasteiger partial charge in [0, 0.05) is 16.8 Å². The highest BCUT2D eigenvalue weighted by Crippen LogP contribution is 2.33. The smallest absolute Gasteiger partial charge is 0.244 e. The number of carbonyl (C=O) groups excluding carboxylic acids is 1. The Morgan fingerprint density at radius 3 is 2.54 bits per heavy atom. The number of aryl methyl sites for hydroxylation is 1. The van der Waals surface area contributed by atoms with E-state index < -0.39 is 0 Å². The van der Waals surface area contributed by atoms with Gasteiger partial charge in [0.1, 0.15) is 0 Å². The van der Waals surface area contributed by atoms with Crippen molar-refractivity contribution in [1.29, 1.82) is 0 Å². The molecule has 0 N–H and O–H groups in total. The van der Waals surface area contributed by atoms with Crippen LogP contribution >= 0.6 is 15.9 Å². The molecular weight excluding hydrogens is 392 g/mol. The molecular formula is C21H19BrN2O2. The first-order valence-electron chi connectivity index (χ1n) is 8.30. The molecule has 0 bridgehead atoms. The molecule has 0 saturated carbocycles. The van der Waals surface area contributed by atoms with Crippen LogP contribution in [0.4, 0.5) is 0 Å². The van der Waals surface area contributed by atoms with Gasteiger partial charge in [-0.3, -0.25) is 4.79 Å². The zero-order valence-corrected chi connectivity index (χ0v) is 16.2. The van der Waals surface area contributed by atoms with Gasteiger partial charge in [-0.2, -0.15) is 5.10 Å². The lowest BCUT2D eigenvalue weighted by molar-refractivity contribution is 0.0973. The number of rotatable bonds is 6. The lowest BCUT2D eigenvalue weighted by atomic mass is 9.84. The van der Waals surface area contributed by atoms with E-state index in [2.05, 4.69) is 57.3 Å². The number of hydrogen-bond donors (Lipinski definition) is 0. The molecule has 0 saturated heterocycles. The van der Waals surface area contributed by atoms with Crippen molar-refractivity contribution in [3.05, 3.63) is 87.5 Å². The zero-order chi connectivity index (χ0) is 18.5. The predicted molar refractivity (Wildman–Crippen MR) is 105 cm³/mol. The fraction of sp³-hybridized carbons (Fsp3) is 0.190. The molecule has 26 heavy (non-hydrogen) atoms. The van der Waals surface area contributed by atoms with Crippen molar-refractivity contribution in [2.24, 2.45) is 0 Å². The van der Waals surface area contributed by atoms with E-state index >= 15 is 0 Å². The second-order valence-corrected chi connectivity index (χ2v) is 6.96. The summed E-state index contributed by atoms with van der Waals surface area (Å²) >= 11 is 3.47. The number of hydrogen-bond acceptors (Lipinski definition) is 4. The molecule has 0 aliphatic rings. The molecule has 4 nitrogen and oxygen atoms in total. The minimum absolute atomic E-state index is 0.0204. The van der Waals surface area contributed by atoms with Crippen molar-refractivity contribution < 1.29 is 9.53 Å². The Morgan fingerprint density at radius 2 is 1.85 bits per heavy atom. The van der Waals surface area contributed by atoms with E-state index in [-0.39, 0.29) is 17.6 Å². The van der Waals surface area contributed by atoms with E-state index in [9.17, 15) is 4.79 Å². The minimum atomic E-state index is -0.0466. The standard InChI is InChI=1S/C21H19BrN2O2/c1-14-5-3-4-6-17(14)19(15-7-9-16(22)10-8-15)13-20(25)18-11-12-23-24-21(18)26-2/h3-12,19H,13H2,1-2H3. The number of carbonyl (C=O) groups is 1. The van der Waals surface area contributed by atoms with Gasteiger partial charge >= 0.3 is 0 Å². The van der Waals surface area contributed by atoms with Gasteiger partial charge in [-0.05, 0) is 41.8 Å². The Bertz CT molecular complexity index is 910. The normalized spacial score (nSPS) is 11.8. The second-order valence-electron chi connectivity index (χ2n) is 6.04. The number of methoxy groups -OCH3 is 1. The SMILES string of the molecule is COc1nnccc1C(=O)CC(c1ccc(Br)cc1)c1ccccc1C. The van der Waals surface area contributed by atoms with Crippen molar-refractivity contribution in [2.45, 2.75) is 19.3 Å². The molecule has 0 radical (unpaired) electrons. The van der Waals surface area contributed by atoms with Gasteiger partial charge < -0.3 is 4.74 Å². The van der Waals surface area contributed by atoms with Gasteiger partial charge in [0.25, 0.3) is 0 Å². The average Bonchev–Trinajstić information content (AvgIpc) is 2.67. The number of benzene rings is 2. The third-order valence-electron chi connectivity index (χ3n) is 4.41. The molecule has 1 heterocycles. The Hall–Kier alpha value is -2.53. The van der Waals surface area contributed by atoms with Crippen LogP contribution in [0.1, 0.15) is 39.4 Å². The number of aromatic nitrogens is 2. The third kappa shape index (κ3) is 3.99. The Balaban J connectivity index is 2.00. The Morgan fingerprint density at radius 1 is 1.12 bits per heavy atom. The lowest BCUT2D eigenvalue weighted by Gasteiger charge is -2.20. The van der Waals surface area contributed by atoms with Gasteiger partial charge in [0.15, 0.2) is 5.78 Å². The first-order chi connectivity index (χ1) is 12.6. The van der Waals surface area contributed by atoms with Gasteiger partial charge in [0.2, 0.25) is 5.88 Å². The lowest BCUT2D eigenvalue weighted by Crippen LogP contribution is -2.12. The van der Waals surface area contributed by atoms with Crippen LogP contribution in [0.15, 0.2) is 65.3 Å². The fourth-order valence-corrected chi connectivity index (χ4v) is 3.32. The largest absolute Gasteiger partial charge is 0.479 e. The summed E-state index contributed by atoms with van der Waals surface area (Å²) in [5.41, 5.74) is 3.85. The van der Waals surface area contributed by atoms with E-state index in [0.29, 0.717) is 12.0 Å². The van der Waals surface area contributed by atoms with Crippen LogP contribution in [0.25, 0.3) is 0 Å². The van der Waals surface area contributed by atoms with Crippen LogP contribution in [0.3, 0.4) is 0 Å². The summed E-state index contributed by atoms with van der Waals surface area (Å²) in [5, 5.41) is 7.69. The van der Waals surface area contributed by atoms with E-state index in [4.69, 9.17) is 4.74 Å². The van der Waals surface area contributed by atoms with Gasteiger partial charge in [-0.25, -0.2) is 0 Å². The molecule has 2 aromatic carbocycles. The van der Waals surface area contributed by atoms with Crippen molar-refractivity contribution in [1.82, 2.24) is 10.2 Å². The highest BCUT2D eigenvalue weighted by Gasteiger charge is 2.23. The van der Waals surface area contributed by atoms with E-state index in [1.807, 2.05) is 24.3 Å². The number of halogens is 1. The van der Waals surface area contributed by atoms with Crippen LogP contribution in [0, 0.1) is 6.92 Å². The maximum Gasteiger partial charge on any atom is 0.244 e. The molecule has 0 spiro atoms. The molecule has 0 aliphatic heterocycles. The topological polar surface area (TPSA) is 52.1 Å². The summed E-state index contributed by atoms with van der Waals surface area (Å²) in [4.78, 5) is 13.0. The third-order valence-corrected chi connectivity index (χ3v) is 4.94. The van der Waals surface area contributed by atoms with Crippen molar-refractivity contribution >= 4 is 21.7 Å². The van der Waals surface area contributed by atoms with E-state index in [1.165, 1.54) is 13.3 Å². The van der Waals surface area contributed by atoms with Crippen LogP contribution in [0.2, 0.25) is 0 Å². The molecule has 0 fully saturated rings. The maximum absolute atomic E-state index is 13.0. The highest BCUT2D eigenvalue weighted by atomic mass is 79.9. The first kappa shape index (κ1) is 18.3. The minimum Gasteiger partial charge on any atom is -0.479 e. The molecule has 1 unspecified atom stereocenters. The summed E-state index contributed by atoms with van der Waals surface area (Å²) in [7, 11) is 1.49. The highest BCUT2D eigenvalue weighted by molar-refractivity contribution is 9.10. The quantitative estimate of drug-likeness (QED) is 0.538. The van der Waals surface area contributed by atoms with E-state index in [0.717, 1.165) is 21.2 Å². The fourth-order valence-electron chi connectivity index (χ4n) is 3.06. The van der Waals surface area contributed by atoms with Crippen molar-refractivity contribution in [3.63, 3.8) is 0 Å².